The van der Waals surface area contributed by atoms with Gasteiger partial charge in [-0.3, -0.25) is 0 Å². The topological polar surface area (TPSA) is 12.9 Å². The minimum atomic E-state index is 0. The Hall–Kier alpha value is -0.890. The van der Waals surface area contributed by atoms with E-state index in [1.165, 1.54) is 11.1 Å². The zero-order valence-electron chi connectivity index (χ0n) is 10.9. The summed E-state index contributed by atoms with van der Waals surface area (Å²) >= 11 is 1.71. The second kappa shape index (κ2) is 6.00. The van der Waals surface area contributed by atoms with E-state index in [1.807, 2.05) is 6.92 Å². The van der Waals surface area contributed by atoms with E-state index in [9.17, 15) is 0 Å². The van der Waals surface area contributed by atoms with E-state index in [-0.39, 0.29) is 1.43 Å². The molecule has 1 nitrogen and oxygen atoms in total. The van der Waals surface area contributed by atoms with Crippen molar-refractivity contribution in [3.63, 3.8) is 0 Å². The summed E-state index contributed by atoms with van der Waals surface area (Å²) in [6.45, 7) is 10.8. The van der Waals surface area contributed by atoms with E-state index in [2.05, 4.69) is 50.2 Å². The summed E-state index contributed by atoms with van der Waals surface area (Å²) in [5.41, 5.74) is 3.90. The quantitative estimate of drug-likeness (QED) is 0.664. The normalized spacial score (nSPS) is 13.7. The minimum Gasteiger partial charge on any atom is -0.242 e. The summed E-state index contributed by atoms with van der Waals surface area (Å²) in [5, 5.41) is 3.25. The summed E-state index contributed by atoms with van der Waals surface area (Å²) in [6, 6.07) is 0. The van der Waals surface area contributed by atoms with Crippen molar-refractivity contribution in [3.05, 3.63) is 33.3 Å². The van der Waals surface area contributed by atoms with Gasteiger partial charge in [0, 0.05) is 6.81 Å². The van der Waals surface area contributed by atoms with Gasteiger partial charge in [-0.25, -0.2) is 4.98 Å². The number of aromatic nitrogens is 1. The first-order valence-electron chi connectivity index (χ1n) is 5.72. The van der Waals surface area contributed by atoms with E-state index in [0.717, 1.165) is 17.1 Å². The van der Waals surface area contributed by atoms with E-state index in [1.54, 1.807) is 11.3 Å². The van der Waals surface area contributed by atoms with Crippen LogP contribution in [-0.2, 0) is 0 Å². The molecule has 1 aromatic heterocycles. The molecule has 1 rings (SSSR count). The van der Waals surface area contributed by atoms with Crippen molar-refractivity contribution in [3.8, 4) is 0 Å². The van der Waals surface area contributed by atoms with Crippen LogP contribution < -0.4 is 0 Å². The van der Waals surface area contributed by atoms with Gasteiger partial charge in [-0.15, -0.1) is 11.3 Å². The second-order valence-electron chi connectivity index (χ2n) is 4.60. The maximum atomic E-state index is 4.46. The molecule has 0 saturated carbocycles. The summed E-state index contributed by atoms with van der Waals surface area (Å²) in [4.78, 5) is 4.46. The lowest BCUT2D eigenvalue weighted by atomic mass is 9.97. The molecule has 1 aromatic rings. The molecule has 1 atom stereocenters. The Kier molecular flexibility index (Phi) is 4.94. The van der Waals surface area contributed by atoms with Crippen LogP contribution in [0.4, 0.5) is 0 Å². The van der Waals surface area contributed by atoms with Crippen LogP contribution in [0.15, 0.2) is 22.6 Å². The Morgan fingerprint density at radius 1 is 1.50 bits per heavy atom. The lowest BCUT2D eigenvalue weighted by Crippen LogP contribution is -1.94. The Balaban J connectivity index is 0.00000256. The van der Waals surface area contributed by atoms with E-state index in [4.69, 9.17) is 0 Å². The zero-order valence-corrected chi connectivity index (χ0v) is 11.7. The molecule has 90 valence electrons. The highest BCUT2D eigenvalue weighted by atomic mass is 32.1. The lowest BCUT2D eigenvalue weighted by Gasteiger charge is -2.09. The van der Waals surface area contributed by atoms with Gasteiger partial charge in [-0.05, 0) is 46.1 Å². The molecular weight excluding hydrogens is 214 g/mol. The largest absolute Gasteiger partial charge is 0.242 e. The van der Waals surface area contributed by atoms with Gasteiger partial charge >= 0.3 is 0 Å². The van der Waals surface area contributed by atoms with Gasteiger partial charge in [-0.1, -0.05) is 24.1 Å². The maximum Gasteiger partial charge on any atom is 0.0901 e. The molecule has 0 aromatic carbocycles. The second-order valence-corrected chi connectivity index (χ2v) is 5.66. The molecule has 0 amide bonds. The molecule has 0 aliphatic rings. The van der Waals surface area contributed by atoms with Crippen molar-refractivity contribution in [1.82, 2.24) is 4.98 Å². The third kappa shape index (κ3) is 4.31. The summed E-state index contributed by atoms with van der Waals surface area (Å²) in [6.07, 6.45) is 5.62. The van der Waals surface area contributed by atoms with Gasteiger partial charge < -0.3 is 0 Å². The first-order chi connectivity index (χ1) is 7.49. The molecule has 1 heterocycles. The Morgan fingerprint density at radius 2 is 2.19 bits per heavy atom. The van der Waals surface area contributed by atoms with Gasteiger partial charge in [-0.2, -0.15) is 0 Å². The van der Waals surface area contributed by atoms with Gasteiger partial charge in [0.15, 0.2) is 0 Å². The number of nitrogens with zero attached hydrogens (tertiary/aromatic N) is 1. The molecule has 0 unspecified atom stereocenters. The molecule has 0 bridgehead atoms. The molecule has 16 heavy (non-hydrogen) atoms. The molecule has 0 aliphatic carbocycles. The van der Waals surface area contributed by atoms with E-state index >= 15 is 0 Å². The molecule has 0 saturated heterocycles. The van der Waals surface area contributed by atoms with Gasteiger partial charge in [0.1, 0.15) is 0 Å². The monoisotopic (exact) mass is 237 g/mol. The number of hydrogen-bond acceptors (Lipinski definition) is 2. The predicted octanol–water partition coefficient (Wildman–Crippen LogP) is 5.09. The smallest absolute Gasteiger partial charge is 0.0901 e. The fraction of sp³-hybridized carbons (Fsp3) is 0.500. The van der Waals surface area contributed by atoms with Crippen LogP contribution in [0.3, 0.4) is 0 Å². The van der Waals surface area contributed by atoms with Crippen molar-refractivity contribution in [1.29, 1.82) is 0 Å². The highest BCUT2D eigenvalue weighted by Gasteiger charge is 2.03. The first-order valence-corrected chi connectivity index (χ1v) is 6.60. The molecule has 0 radical (unpaired) electrons. The van der Waals surface area contributed by atoms with E-state index in [0.29, 0.717) is 5.92 Å². The molecule has 2 heteroatoms. The summed E-state index contributed by atoms with van der Waals surface area (Å²) in [7, 11) is 0. The molecule has 0 N–H and O–H groups in total. The lowest BCUT2D eigenvalue weighted by molar-refractivity contribution is 0.697. The van der Waals surface area contributed by atoms with Crippen molar-refractivity contribution in [2.45, 2.75) is 41.0 Å². The van der Waals surface area contributed by atoms with Crippen LogP contribution in [0.5, 0.6) is 0 Å². The number of allylic oxidation sites excluding steroid dienone is 3. The minimum absolute atomic E-state index is 0. The molecular formula is C14H23NS. The van der Waals surface area contributed by atoms with E-state index < -0.39 is 0 Å². The van der Waals surface area contributed by atoms with Crippen LogP contribution in [0.1, 0.15) is 46.2 Å². The Bertz CT molecular complexity index is 400. The standard InChI is InChI=1S/C14H21NS.H2/c1-10(2)6-7-11(3)12(4)8-14-9-16-13(5)15-14;/h6,8-9,11H,7H2,1-5H3;1H/b12-8+;/t11-;/m0./s1. The van der Waals surface area contributed by atoms with Crippen molar-refractivity contribution >= 4 is 17.4 Å². The fourth-order valence-corrected chi connectivity index (χ4v) is 1.99. The third-order valence-electron chi connectivity index (χ3n) is 2.67. The van der Waals surface area contributed by atoms with Crippen LogP contribution >= 0.6 is 11.3 Å². The average molecular weight is 237 g/mol. The van der Waals surface area contributed by atoms with Crippen LogP contribution in [0.25, 0.3) is 6.08 Å². The Morgan fingerprint density at radius 3 is 2.69 bits per heavy atom. The predicted molar refractivity (Wildman–Crippen MR) is 75.8 cm³/mol. The van der Waals surface area contributed by atoms with Gasteiger partial charge in [0.05, 0.1) is 10.7 Å². The van der Waals surface area contributed by atoms with Crippen LogP contribution in [0.2, 0.25) is 0 Å². The highest BCUT2D eigenvalue weighted by molar-refractivity contribution is 7.09. The van der Waals surface area contributed by atoms with Crippen molar-refractivity contribution in [2.75, 3.05) is 0 Å². The average Bonchev–Trinajstić information content (AvgIpc) is 2.60. The number of aryl methyl sites for hydroxylation is 1. The molecule has 0 fully saturated rings. The zero-order chi connectivity index (χ0) is 12.1. The molecule has 0 spiro atoms. The number of rotatable bonds is 4. The van der Waals surface area contributed by atoms with Crippen LogP contribution in [0, 0.1) is 12.8 Å². The van der Waals surface area contributed by atoms with Gasteiger partial charge in [0.2, 0.25) is 0 Å². The number of thiazole rings is 1. The SMILES string of the molecule is CC(C)=CC[C@H](C)/C(C)=C/c1csc(C)n1.[HH]. The highest BCUT2D eigenvalue weighted by Crippen LogP contribution is 2.19. The van der Waals surface area contributed by atoms with Crippen LogP contribution in [-0.4, -0.2) is 4.98 Å². The maximum absolute atomic E-state index is 4.46. The third-order valence-corrected chi connectivity index (χ3v) is 3.46. The fourth-order valence-electron chi connectivity index (χ4n) is 1.42. The first kappa shape index (κ1) is 13.2. The van der Waals surface area contributed by atoms with Crippen molar-refractivity contribution in [2.24, 2.45) is 5.92 Å². The van der Waals surface area contributed by atoms with Gasteiger partial charge in [0.25, 0.3) is 0 Å². The molecule has 0 aliphatic heterocycles. The summed E-state index contributed by atoms with van der Waals surface area (Å²) < 4.78 is 0. The Labute approximate surface area is 104 Å². The summed E-state index contributed by atoms with van der Waals surface area (Å²) in [5.74, 6) is 0.594. The van der Waals surface area contributed by atoms with Crippen molar-refractivity contribution < 1.29 is 1.43 Å². The number of hydrogen-bond donors (Lipinski definition) is 0.